The van der Waals surface area contributed by atoms with Crippen molar-refractivity contribution in [2.24, 2.45) is 5.92 Å². The monoisotopic (exact) mass is 215 g/mol. The van der Waals surface area contributed by atoms with E-state index in [1.165, 1.54) is 0 Å². The van der Waals surface area contributed by atoms with E-state index < -0.39 is 0 Å². The zero-order chi connectivity index (χ0) is 12.1. The molecule has 1 unspecified atom stereocenters. The van der Waals surface area contributed by atoms with Gasteiger partial charge in [0.05, 0.1) is 6.10 Å². The number of nitrogens with zero attached hydrogens (tertiary/aromatic N) is 1. The molecule has 0 spiro atoms. The Hall–Kier alpha value is -0.0800. The molecule has 1 atom stereocenters. The molecule has 0 saturated carbocycles. The minimum absolute atomic E-state index is 0.0301. The molecule has 1 N–H and O–H groups in total. The third-order valence-corrected chi connectivity index (χ3v) is 3.80. The predicted octanol–water partition coefficient (Wildman–Crippen LogP) is 2.90. The number of hydrogen-bond acceptors (Lipinski definition) is 2. The first-order valence-corrected chi connectivity index (χ1v) is 6.43. The van der Waals surface area contributed by atoms with Gasteiger partial charge in [0, 0.05) is 5.54 Å². The van der Waals surface area contributed by atoms with Crippen molar-refractivity contribution < 1.29 is 5.11 Å². The molecular weight excluding hydrogens is 186 g/mol. The summed E-state index contributed by atoms with van der Waals surface area (Å²) in [5.74, 6) is 0.325. The van der Waals surface area contributed by atoms with Crippen molar-refractivity contribution in [1.29, 1.82) is 0 Å². The first kappa shape index (κ1) is 14.9. The fourth-order valence-electron chi connectivity index (χ4n) is 2.78. The molecule has 0 rings (SSSR count). The summed E-state index contributed by atoms with van der Waals surface area (Å²) in [4.78, 5) is 2.41. The van der Waals surface area contributed by atoms with Crippen molar-refractivity contribution in [3.63, 3.8) is 0 Å². The largest absolute Gasteiger partial charge is 0.391 e. The van der Waals surface area contributed by atoms with Crippen molar-refractivity contribution in [3.05, 3.63) is 0 Å². The summed E-state index contributed by atoms with van der Waals surface area (Å²) >= 11 is 0. The molecule has 0 aromatic heterocycles. The summed E-state index contributed by atoms with van der Waals surface area (Å²) in [6.07, 6.45) is 1.81. The molecule has 0 radical (unpaired) electrons. The van der Waals surface area contributed by atoms with Gasteiger partial charge in [-0.1, -0.05) is 41.5 Å². The number of likely N-dealkylation sites (N-methyl/N-ethyl adjacent to an activating group) is 1. The lowest BCUT2D eigenvalue weighted by Crippen LogP contribution is -2.57. The van der Waals surface area contributed by atoms with Gasteiger partial charge in [-0.3, -0.25) is 4.90 Å². The topological polar surface area (TPSA) is 23.5 Å². The summed E-state index contributed by atoms with van der Waals surface area (Å²) in [5.41, 5.74) is -0.0301. The van der Waals surface area contributed by atoms with Gasteiger partial charge in [-0.2, -0.15) is 0 Å². The van der Waals surface area contributed by atoms with Crippen LogP contribution in [-0.4, -0.2) is 34.7 Å². The molecule has 0 amide bonds. The highest BCUT2D eigenvalue weighted by Gasteiger charge is 2.40. The molecule has 0 fully saturated rings. The standard InChI is InChI=1S/C13H29NO/c1-7-13(8-2,12(15)11(5)6)14(9-3)10-4/h11-12,15H,7-10H2,1-6H3. The summed E-state index contributed by atoms with van der Waals surface area (Å²) in [5, 5.41) is 10.4. The lowest BCUT2D eigenvalue weighted by atomic mass is 9.79. The van der Waals surface area contributed by atoms with Crippen LogP contribution in [0.15, 0.2) is 0 Å². The van der Waals surface area contributed by atoms with E-state index in [-0.39, 0.29) is 11.6 Å². The van der Waals surface area contributed by atoms with E-state index in [0.29, 0.717) is 5.92 Å². The van der Waals surface area contributed by atoms with Crippen LogP contribution in [0.2, 0.25) is 0 Å². The van der Waals surface area contributed by atoms with Crippen molar-refractivity contribution in [2.75, 3.05) is 13.1 Å². The van der Waals surface area contributed by atoms with E-state index in [4.69, 9.17) is 0 Å². The number of aliphatic hydroxyl groups is 1. The Morgan fingerprint density at radius 2 is 1.40 bits per heavy atom. The Morgan fingerprint density at radius 1 is 1.00 bits per heavy atom. The van der Waals surface area contributed by atoms with Crippen LogP contribution >= 0.6 is 0 Å². The predicted molar refractivity (Wildman–Crippen MR) is 67.1 cm³/mol. The molecule has 92 valence electrons. The maximum absolute atomic E-state index is 10.4. The van der Waals surface area contributed by atoms with Crippen LogP contribution in [0.1, 0.15) is 54.4 Å². The molecule has 0 saturated heterocycles. The summed E-state index contributed by atoms with van der Waals surface area (Å²) < 4.78 is 0. The molecule has 2 nitrogen and oxygen atoms in total. The van der Waals surface area contributed by atoms with Crippen LogP contribution in [0.3, 0.4) is 0 Å². The van der Waals surface area contributed by atoms with Gasteiger partial charge in [0.2, 0.25) is 0 Å². The van der Waals surface area contributed by atoms with Gasteiger partial charge in [-0.15, -0.1) is 0 Å². The summed E-state index contributed by atoms with van der Waals surface area (Å²) in [6, 6.07) is 0. The quantitative estimate of drug-likeness (QED) is 0.706. The fourth-order valence-corrected chi connectivity index (χ4v) is 2.78. The fraction of sp³-hybridized carbons (Fsp3) is 1.00. The minimum Gasteiger partial charge on any atom is -0.391 e. The number of hydrogen-bond donors (Lipinski definition) is 1. The smallest absolute Gasteiger partial charge is 0.0746 e. The molecule has 2 heteroatoms. The Balaban J connectivity index is 5.00. The van der Waals surface area contributed by atoms with Crippen LogP contribution in [0.4, 0.5) is 0 Å². The van der Waals surface area contributed by atoms with Crippen molar-refractivity contribution >= 4 is 0 Å². The lowest BCUT2D eigenvalue weighted by molar-refractivity contribution is -0.0570. The molecule has 0 heterocycles. The highest BCUT2D eigenvalue weighted by Crippen LogP contribution is 2.31. The molecule has 0 aliphatic carbocycles. The number of rotatable bonds is 7. The zero-order valence-corrected chi connectivity index (χ0v) is 11.4. The maximum atomic E-state index is 10.4. The average Bonchev–Trinajstić information content (AvgIpc) is 2.25. The van der Waals surface area contributed by atoms with Crippen LogP contribution in [0.25, 0.3) is 0 Å². The van der Waals surface area contributed by atoms with Crippen LogP contribution in [-0.2, 0) is 0 Å². The maximum Gasteiger partial charge on any atom is 0.0746 e. The van der Waals surface area contributed by atoms with Crippen LogP contribution < -0.4 is 0 Å². The normalized spacial score (nSPS) is 15.0. The number of aliphatic hydroxyl groups excluding tert-OH is 1. The molecular formula is C13H29NO. The Labute approximate surface area is 95.7 Å². The highest BCUT2D eigenvalue weighted by atomic mass is 16.3. The van der Waals surface area contributed by atoms with Gasteiger partial charge in [-0.05, 0) is 31.8 Å². The SMILES string of the molecule is CCN(CC)C(CC)(CC)C(O)C(C)C. The highest BCUT2D eigenvalue weighted by molar-refractivity contribution is 4.95. The van der Waals surface area contributed by atoms with Gasteiger partial charge in [-0.25, -0.2) is 0 Å². The van der Waals surface area contributed by atoms with E-state index in [1.807, 2.05) is 0 Å². The Kier molecular flexibility index (Phi) is 6.46. The molecule has 0 aliphatic rings. The first-order chi connectivity index (χ1) is 6.99. The van der Waals surface area contributed by atoms with E-state index in [0.717, 1.165) is 25.9 Å². The van der Waals surface area contributed by atoms with Crippen LogP contribution in [0, 0.1) is 5.92 Å². The molecule has 0 aliphatic heterocycles. The minimum atomic E-state index is -0.229. The van der Waals surface area contributed by atoms with Gasteiger partial charge in [0.1, 0.15) is 0 Å². The first-order valence-electron chi connectivity index (χ1n) is 6.43. The Morgan fingerprint density at radius 3 is 1.60 bits per heavy atom. The third kappa shape index (κ3) is 2.94. The van der Waals surface area contributed by atoms with Crippen molar-refractivity contribution in [2.45, 2.75) is 66.0 Å². The van der Waals surface area contributed by atoms with Gasteiger partial charge < -0.3 is 5.11 Å². The second-order valence-electron chi connectivity index (χ2n) is 4.67. The van der Waals surface area contributed by atoms with E-state index in [1.54, 1.807) is 0 Å². The zero-order valence-electron chi connectivity index (χ0n) is 11.4. The van der Waals surface area contributed by atoms with Crippen LogP contribution in [0.5, 0.6) is 0 Å². The van der Waals surface area contributed by atoms with E-state index >= 15 is 0 Å². The van der Waals surface area contributed by atoms with Crippen molar-refractivity contribution in [3.8, 4) is 0 Å². The summed E-state index contributed by atoms with van der Waals surface area (Å²) in [7, 11) is 0. The van der Waals surface area contributed by atoms with Gasteiger partial charge in [0.15, 0.2) is 0 Å². The molecule has 0 bridgehead atoms. The van der Waals surface area contributed by atoms with Gasteiger partial charge >= 0.3 is 0 Å². The second-order valence-corrected chi connectivity index (χ2v) is 4.67. The third-order valence-electron chi connectivity index (χ3n) is 3.80. The summed E-state index contributed by atoms with van der Waals surface area (Å²) in [6.45, 7) is 15.0. The molecule has 15 heavy (non-hydrogen) atoms. The Bertz CT molecular complexity index is 156. The van der Waals surface area contributed by atoms with Crippen molar-refractivity contribution in [1.82, 2.24) is 4.90 Å². The molecule has 0 aromatic rings. The lowest BCUT2D eigenvalue weighted by Gasteiger charge is -2.47. The van der Waals surface area contributed by atoms with Gasteiger partial charge in [0.25, 0.3) is 0 Å². The average molecular weight is 215 g/mol. The molecule has 0 aromatic carbocycles. The second kappa shape index (κ2) is 6.49. The van der Waals surface area contributed by atoms with E-state index in [2.05, 4.69) is 46.4 Å². The van der Waals surface area contributed by atoms with E-state index in [9.17, 15) is 5.11 Å².